The van der Waals surface area contributed by atoms with E-state index in [4.69, 9.17) is 4.74 Å². The minimum Gasteiger partial charge on any atom is -0.460 e. The van der Waals surface area contributed by atoms with Crippen LogP contribution in [0.2, 0.25) is 0 Å². The maximum Gasteiger partial charge on any atom is 0.416 e. The van der Waals surface area contributed by atoms with E-state index in [1.54, 1.807) is 30.3 Å². The maximum atomic E-state index is 13.3. The number of aromatic nitrogens is 2. The predicted octanol–water partition coefficient (Wildman–Crippen LogP) is 5.00. The summed E-state index contributed by atoms with van der Waals surface area (Å²) in [7, 11) is 0. The lowest BCUT2D eigenvalue weighted by atomic mass is 9.75. The van der Waals surface area contributed by atoms with E-state index < -0.39 is 35.9 Å². The van der Waals surface area contributed by atoms with Gasteiger partial charge in [0.2, 0.25) is 0 Å². The molecule has 1 fully saturated rings. The quantitative estimate of drug-likeness (QED) is 0.547. The number of esters is 1. The van der Waals surface area contributed by atoms with Crippen LogP contribution in [0.4, 0.5) is 29.6 Å². The van der Waals surface area contributed by atoms with Gasteiger partial charge in [-0.25, -0.2) is 14.8 Å². The highest BCUT2D eigenvalue weighted by Gasteiger charge is 2.56. The number of ether oxygens (including phenoxy) is 1. The van der Waals surface area contributed by atoms with Crippen molar-refractivity contribution in [3.63, 3.8) is 0 Å². The number of nitrogens with zero attached hydrogens (tertiary/aromatic N) is 3. The van der Waals surface area contributed by atoms with E-state index in [9.17, 15) is 22.8 Å². The van der Waals surface area contributed by atoms with Gasteiger partial charge in [-0.1, -0.05) is 24.3 Å². The second kappa shape index (κ2) is 8.12. The number of benzene rings is 1. The first-order valence-electron chi connectivity index (χ1n) is 10.6. The number of halogens is 3. The van der Waals surface area contributed by atoms with Crippen molar-refractivity contribution in [2.75, 3.05) is 10.2 Å². The second-order valence-electron chi connectivity index (χ2n) is 8.18. The topological polar surface area (TPSA) is 84.4 Å². The van der Waals surface area contributed by atoms with Crippen molar-refractivity contribution < 1.29 is 27.5 Å². The van der Waals surface area contributed by atoms with Crippen LogP contribution >= 0.6 is 0 Å². The Kier molecular flexibility index (Phi) is 5.22. The molecule has 3 atom stereocenters. The zero-order valence-electron chi connectivity index (χ0n) is 17.9. The number of fused-ring (bicyclic) bond motifs is 3. The molecule has 10 heteroatoms. The van der Waals surface area contributed by atoms with Gasteiger partial charge >= 0.3 is 18.2 Å². The third-order valence-corrected chi connectivity index (χ3v) is 6.03. The van der Waals surface area contributed by atoms with Crippen LogP contribution in [0, 0.1) is 0 Å². The Labute approximate surface area is 192 Å². The first-order valence-corrected chi connectivity index (χ1v) is 10.6. The van der Waals surface area contributed by atoms with E-state index in [0.29, 0.717) is 23.8 Å². The lowest BCUT2D eigenvalue weighted by molar-refractivity contribution is -0.152. The largest absolute Gasteiger partial charge is 0.460 e. The van der Waals surface area contributed by atoms with Crippen LogP contribution in [-0.4, -0.2) is 34.1 Å². The van der Waals surface area contributed by atoms with E-state index in [1.165, 1.54) is 30.2 Å². The SMILES string of the molecule is CC(=O)O[C@H]1CC2c3ccc(-c4cccc(C(F)(F)F)c4)nc3N(C(=O)Nc3ccccn3)C21. The number of hydrogen-bond acceptors (Lipinski definition) is 5. The lowest BCUT2D eigenvalue weighted by Gasteiger charge is -2.42. The molecule has 3 heterocycles. The van der Waals surface area contributed by atoms with Crippen LogP contribution in [-0.2, 0) is 15.7 Å². The monoisotopic (exact) mass is 468 g/mol. The third kappa shape index (κ3) is 3.85. The Balaban J connectivity index is 1.53. The number of carbonyl (C=O) groups is 2. The van der Waals surface area contributed by atoms with Crippen LogP contribution < -0.4 is 10.2 Å². The van der Waals surface area contributed by atoms with Crippen LogP contribution in [0.25, 0.3) is 11.3 Å². The van der Waals surface area contributed by atoms with Crippen LogP contribution in [0.3, 0.4) is 0 Å². The summed E-state index contributed by atoms with van der Waals surface area (Å²) in [5.74, 6) is 0.0990. The summed E-state index contributed by atoms with van der Waals surface area (Å²) < 4.78 is 45.0. The summed E-state index contributed by atoms with van der Waals surface area (Å²) in [6, 6.07) is 12.4. The van der Waals surface area contributed by atoms with Gasteiger partial charge in [0.1, 0.15) is 17.7 Å². The Morgan fingerprint density at radius 3 is 2.65 bits per heavy atom. The van der Waals surface area contributed by atoms with Crippen molar-refractivity contribution in [3.05, 3.63) is 71.9 Å². The minimum absolute atomic E-state index is 0.100. The van der Waals surface area contributed by atoms with E-state index >= 15 is 0 Å². The van der Waals surface area contributed by atoms with Crippen LogP contribution in [0.1, 0.15) is 30.4 Å². The smallest absolute Gasteiger partial charge is 0.416 e. The molecule has 2 aliphatic rings. The summed E-state index contributed by atoms with van der Waals surface area (Å²) in [5.41, 5.74) is 0.566. The fourth-order valence-corrected chi connectivity index (χ4v) is 4.52. The van der Waals surface area contributed by atoms with Crippen molar-refractivity contribution >= 4 is 23.6 Å². The summed E-state index contributed by atoms with van der Waals surface area (Å²) in [5, 5.41) is 2.72. The number of alkyl halides is 3. The highest BCUT2D eigenvalue weighted by atomic mass is 19.4. The van der Waals surface area contributed by atoms with Crippen LogP contribution in [0.5, 0.6) is 0 Å². The number of hydrogen-bond donors (Lipinski definition) is 1. The Morgan fingerprint density at radius 2 is 1.94 bits per heavy atom. The van der Waals surface area contributed by atoms with Gasteiger partial charge in [-0.15, -0.1) is 0 Å². The summed E-state index contributed by atoms with van der Waals surface area (Å²) in [4.78, 5) is 35.0. The second-order valence-corrected chi connectivity index (χ2v) is 8.18. The molecule has 0 saturated heterocycles. The molecule has 0 bridgehead atoms. The van der Waals surface area contributed by atoms with Gasteiger partial charge < -0.3 is 4.74 Å². The molecule has 1 aliphatic heterocycles. The Bertz CT molecular complexity index is 1270. The van der Waals surface area contributed by atoms with Crippen molar-refractivity contribution in [1.29, 1.82) is 0 Å². The average Bonchev–Trinajstić information content (AvgIpc) is 3.05. The number of pyridine rings is 2. The molecular weight excluding hydrogens is 449 g/mol. The standard InChI is InChI=1S/C24H19F3N4O3/c1-13(32)34-19-12-17-16-8-9-18(14-5-4-6-15(11-14)24(25,26)27)29-22(16)31(21(17)19)23(33)30-20-7-2-3-10-28-20/h2-11,17,19,21H,12H2,1H3,(H,28,30,33)/t17?,19-,21?/m0/s1. The van der Waals surface area contributed by atoms with Gasteiger partial charge in [-0.2, -0.15) is 13.2 Å². The van der Waals surface area contributed by atoms with E-state index in [-0.39, 0.29) is 11.5 Å². The molecule has 0 radical (unpaired) electrons. The van der Waals surface area contributed by atoms with Gasteiger partial charge in [0.25, 0.3) is 0 Å². The molecule has 34 heavy (non-hydrogen) atoms. The highest BCUT2D eigenvalue weighted by molar-refractivity contribution is 6.03. The predicted molar refractivity (Wildman–Crippen MR) is 117 cm³/mol. The van der Waals surface area contributed by atoms with Crippen molar-refractivity contribution in [3.8, 4) is 11.3 Å². The summed E-state index contributed by atoms with van der Waals surface area (Å²) in [6.07, 6.45) is -2.94. The van der Waals surface area contributed by atoms with E-state index in [0.717, 1.165) is 17.7 Å². The van der Waals surface area contributed by atoms with Gasteiger partial charge in [-0.05, 0) is 36.8 Å². The molecule has 174 valence electrons. The normalized spacial score (nSPS) is 20.7. The number of rotatable bonds is 3. The number of carbonyl (C=O) groups excluding carboxylic acids is 2. The van der Waals surface area contributed by atoms with Crippen molar-refractivity contribution in [2.24, 2.45) is 0 Å². The molecule has 1 aromatic carbocycles. The molecule has 2 amide bonds. The number of amides is 2. The van der Waals surface area contributed by atoms with Gasteiger partial charge in [0, 0.05) is 30.2 Å². The van der Waals surface area contributed by atoms with Gasteiger partial charge in [-0.3, -0.25) is 15.0 Å². The number of urea groups is 1. The molecule has 3 aromatic rings. The Hall–Kier alpha value is -3.95. The number of anilines is 2. The zero-order chi connectivity index (χ0) is 24.0. The Morgan fingerprint density at radius 1 is 1.12 bits per heavy atom. The first kappa shape index (κ1) is 21.9. The molecule has 1 aliphatic carbocycles. The van der Waals surface area contributed by atoms with E-state index in [2.05, 4.69) is 15.3 Å². The minimum atomic E-state index is -4.49. The molecule has 5 rings (SSSR count). The fourth-order valence-electron chi connectivity index (χ4n) is 4.52. The molecule has 2 aromatic heterocycles. The van der Waals surface area contributed by atoms with Crippen molar-refractivity contribution in [1.82, 2.24) is 9.97 Å². The molecule has 7 nitrogen and oxygen atoms in total. The zero-order valence-corrected chi connectivity index (χ0v) is 17.9. The average molecular weight is 468 g/mol. The maximum absolute atomic E-state index is 13.3. The lowest BCUT2D eigenvalue weighted by Crippen LogP contribution is -2.56. The molecular formula is C24H19F3N4O3. The highest BCUT2D eigenvalue weighted by Crippen LogP contribution is 2.52. The summed E-state index contributed by atoms with van der Waals surface area (Å²) in [6.45, 7) is 1.30. The number of nitrogens with one attached hydrogen (secondary N) is 1. The molecule has 1 N–H and O–H groups in total. The van der Waals surface area contributed by atoms with E-state index in [1.807, 2.05) is 0 Å². The molecule has 2 unspecified atom stereocenters. The van der Waals surface area contributed by atoms with Crippen LogP contribution in [0.15, 0.2) is 60.8 Å². The van der Waals surface area contributed by atoms with Gasteiger partial charge in [0.05, 0.1) is 17.3 Å². The summed E-state index contributed by atoms with van der Waals surface area (Å²) >= 11 is 0. The molecule has 0 spiro atoms. The fraction of sp³-hybridized carbons (Fsp3) is 0.250. The third-order valence-electron chi connectivity index (χ3n) is 6.03. The molecule has 1 saturated carbocycles. The first-order chi connectivity index (χ1) is 16.2. The van der Waals surface area contributed by atoms with Gasteiger partial charge in [0.15, 0.2) is 0 Å². The van der Waals surface area contributed by atoms with Crippen molar-refractivity contribution in [2.45, 2.75) is 37.6 Å².